The average Bonchev–Trinajstić information content (AvgIpc) is 2.37. The predicted molar refractivity (Wildman–Crippen MR) is 44.6 cm³/mol. The zero-order valence-electron chi connectivity index (χ0n) is 6.19. The highest BCUT2D eigenvalue weighted by atomic mass is 32.1. The highest BCUT2D eigenvalue weighted by molar-refractivity contribution is 7.78. The third-order valence-electron chi connectivity index (χ3n) is 1.16. The van der Waals surface area contributed by atoms with E-state index >= 15 is 0 Å². The monoisotopic (exact) mass is 168 g/mol. The Hall–Kier alpha value is -1.06. The van der Waals surface area contributed by atoms with Crippen LogP contribution in [0, 0.1) is 0 Å². The number of aromatic nitrogens is 3. The zero-order chi connectivity index (χ0) is 8.10. The number of hydrogen-bond donors (Lipinski definition) is 0. The normalized spacial score (nSPS) is 9.18. The molecule has 0 aliphatic rings. The maximum atomic E-state index is 4.41. The van der Waals surface area contributed by atoms with Crippen LogP contribution in [0.2, 0.25) is 0 Å². The number of aliphatic imine (C=N–C) groups is 1. The van der Waals surface area contributed by atoms with Crippen molar-refractivity contribution in [2.45, 2.75) is 6.42 Å². The third kappa shape index (κ3) is 2.57. The Morgan fingerprint density at radius 3 is 3.18 bits per heavy atom. The van der Waals surface area contributed by atoms with Crippen molar-refractivity contribution in [3.05, 3.63) is 12.2 Å². The van der Waals surface area contributed by atoms with E-state index in [0.717, 1.165) is 12.2 Å². The number of hydrogen-bond acceptors (Lipinski definition) is 4. The van der Waals surface area contributed by atoms with Crippen molar-refractivity contribution < 1.29 is 0 Å². The Bertz CT molecular complexity index is 274. The molecule has 0 spiro atoms. The molecule has 5 heteroatoms. The molecule has 0 aliphatic heterocycles. The number of nitrogens with zero attached hydrogens (tertiary/aromatic N) is 4. The lowest BCUT2D eigenvalue weighted by Crippen LogP contribution is -1.94. The van der Waals surface area contributed by atoms with Gasteiger partial charge in [-0.15, -0.1) is 0 Å². The quantitative estimate of drug-likeness (QED) is 0.486. The topological polar surface area (TPSA) is 43.1 Å². The van der Waals surface area contributed by atoms with Crippen molar-refractivity contribution in [1.29, 1.82) is 0 Å². The van der Waals surface area contributed by atoms with Crippen LogP contribution >= 0.6 is 12.2 Å². The molecular weight excluding hydrogens is 160 g/mol. The van der Waals surface area contributed by atoms with Crippen LogP contribution in [-0.4, -0.2) is 26.5 Å². The van der Waals surface area contributed by atoms with Crippen molar-refractivity contribution in [3.8, 4) is 0 Å². The van der Waals surface area contributed by atoms with Crippen LogP contribution in [-0.2, 0) is 13.5 Å². The van der Waals surface area contributed by atoms with Gasteiger partial charge in [-0.25, -0.2) is 9.98 Å². The van der Waals surface area contributed by atoms with E-state index < -0.39 is 0 Å². The van der Waals surface area contributed by atoms with Gasteiger partial charge in [0.25, 0.3) is 0 Å². The van der Waals surface area contributed by atoms with E-state index in [1.165, 1.54) is 0 Å². The highest BCUT2D eigenvalue weighted by Gasteiger charge is 1.95. The first kappa shape index (κ1) is 8.04. The summed E-state index contributed by atoms with van der Waals surface area (Å²) in [5, 5.41) is 6.36. The Labute approximate surface area is 70.0 Å². The number of thiocarbonyl (C=S) groups is 1. The second-order valence-electron chi connectivity index (χ2n) is 2.06. The predicted octanol–water partition coefficient (Wildman–Crippen LogP) is 0.460. The zero-order valence-corrected chi connectivity index (χ0v) is 7.01. The molecule has 1 heterocycles. The maximum Gasteiger partial charge on any atom is 0.152 e. The molecule has 0 saturated carbocycles. The van der Waals surface area contributed by atoms with Gasteiger partial charge < -0.3 is 0 Å². The number of aryl methyl sites for hydroxylation is 1. The molecule has 11 heavy (non-hydrogen) atoms. The fourth-order valence-corrected chi connectivity index (χ4v) is 0.791. The first-order valence-corrected chi connectivity index (χ1v) is 3.62. The molecule has 1 aromatic heterocycles. The molecule has 0 amide bonds. The Kier molecular flexibility index (Phi) is 2.89. The fourth-order valence-electron chi connectivity index (χ4n) is 0.700. The van der Waals surface area contributed by atoms with E-state index in [1.807, 2.05) is 7.05 Å². The molecule has 0 bridgehead atoms. The van der Waals surface area contributed by atoms with Gasteiger partial charge in [-0.3, -0.25) is 4.68 Å². The van der Waals surface area contributed by atoms with Gasteiger partial charge in [-0.05, 0) is 12.2 Å². The molecule has 4 nitrogen and oxygen atoms in total. The summed E-state index contributed by atoms with van der Waals surface area (Å²) in [6.07, 6.45) is 2.39. The van der Waals surface area contributed by atoms with Crippen LogP contribution in [0.25, 0.3) is 0 Å². The van der Waals surface area contributed by atoms with Gasteiger partial charge in [0.05, 0.1) is 11.7 Å². The van der Waals surface area contributed by atoms with Crippen LogP contribution in [0.5, 0.6) is 0 Å². The van der Waals surface area contributed by atoms with Gasteiger partial charge in [0, 0.05) is 13.5 Å². The number of rotatable bonds is 3. The lowest BCUT2D eigenvalue weighted by Gasteiger charge is -1.86. The summed E-state index contributed by atoms with van der Waals surface area (Å²) in [6.45, 7) is 0.619. The summed E-state index contributed by atoms with van der Waals surface area (Å²) < 4.78 is 1.66. The number of isothiocyanates is 1. The summed E-state index contributed by atoms with van der Waals surface area (Å²) >= 11 is 4.41. The van der Waals surface area contributed by atoms with Gasteiger partial charge >= 0.3 is 0 Å². The Morgan fingerprint density at radius 1 is 1.82 bits per heavy atom. The van der Waals surface area contributed by atoms with Gasteiger partial charge in [0.1, 0.15) is 6.33 Å². The average molecular weight is 168 g/mol. The Balaban J connectivity index is 2.44. The van der Waals surface area contributed by atoms with E-state index in [-0.39, 0.29) is 0 Å². The SMILES string of the molecule is Cn1cnc(CCN=C=S)n1. The summed E-state index contributed by atoms with van der Waals surface area (Å²) in [5.41, 5.74) is 0. The van der Waals surface area contributed by atoms with Crippen molar-refractivity contribution in [2.24, 2.45) is 12.0 Å². The van der Waals surface area contributed by atoms with Gasteiger partial charge in [0.15, 0.2) is 5.82 Å². The van der Waals surface area contributed by atoms with Crippen LogP contribution < -0.4 is 0 Å². The molecular formula is C6H8N4S. The molecule has 0 aliphatic carbocycles. The Morgan fingerprint density at radius 2 is 2.64 bits per heavy atom. The van der Waals surface area contributed by atoms with E-state index in [0.29, 0.717) is 6.54 Å². The van der Waals surface area contributed by atoms with E-state index in [4.69, 9.17) is 0 Å². The molecule has 58 valence electrons. The lowest BCUT2D eigenvalue weighted by molar-refractivity contribution is 0.739. The van der Waals surface area contributed by atoms with Gasteiger partial charge in [0.2, 0.25) is 0 Å². The van der Waals surface area contributed by atoms with Crippen LogP contribution in [0.3, 0.4) is 0 Å². The molecule has 0 atom stereocenters. The van der Waals surface area contributed by atoms with E-state index in [1.54, 1.807) is 11.0 Å². The smallest absolute Gasteiger partial charge is 0.152 e. The van der Waals surface area contributed by atoms with Crippen LogP contribution in [0.15, 0.2) is 11.3 Å². The van der Waals surface area contributed by atoms with E-state index in [2.05, 4.69) is 32.5 Å². The first-order chi connectivity index (χ1) is 5.33. The summed E-state index contributed by atoms with van der Waals surface area (Å²) in [5.74, 6) is 0.793. The summed E-state index contributed by atoms with van der Waals surface area (Å²) in [7, 11) is 1.83. The maximum absolute atomic E-state index is 4.41. The van der Waals surface area contributed by atoms with Crippen LogP contribution in [0.4, 0.5) is 0 Å². The lowest BCUT2D eigenvalue weighted by atomic mass is 10.4. The standard InChI is InChI=1S/C6H8N4S/c1-10-4-8-6(9-10)2-3-7-5-11/h4H,2-3H2,1H3. The van der Waals surface area contributed by atoms with Crippen molar-refractivity contribution in [2.75, 3.05) is 6.54 Å². The largest absolute Gasteiger partial charge is 0.256 e. The molecule has 0 saturated heterocycles. The minimum absolute atomic E-state index is 0.619. The third-order valence-corrected chi connectivity index (χ3v) is 1.29. The molecule has 0 radical (unpaired) electrons. The fraction of sp³-hybridized carbons (Fsp3) is 0.500. The minimum atomic E-state index is 0.619. The first-order valence-electron chi connectivity index (χ1n) is 3.21. The molecule has 0 N–H and O–H groups in total. The van der Waals surface area contributed by atoms with Gasteiger partial charge in [-0.2, -0.15) is 5.10 Å². The van der Waals surface area contributed by atoms with Crippen molar-refractivity contribution in [1.82, 2.24) is 14.8 Å². The molecule has 0 aromatic carbocycles. The van der Waals surface area contributed by atoms with Crippen molar-refractivity contribution in [3.63, 3.8) is 0 Å². The van der Waals surface area contributed by atoms with Crippen molar-refractivity contribution >= 4 is 17.4 Å². The second-order valence-corrected chi connectivity index (χ2v) is 2.24. The van der Waals surface area contributed by atoms with Crippen LogP contribution in [0.1, 0.15) is 5.82 Å². The molecule has 0 fully saturated rings. The molecule has 0 unspecified atom stereocenters. The highest BCUT2D eigenvalue weighted by Crippen LogP contribution is 1.89. The van der Waals surface area contributed by atoms with E-state index in [9.17, 15) is 0 Å². The molecule has 1 rings (SSSR count). The second kappa shape index (κ2) is 3.95. The summed E-state index contributed by atoms with van der Waals surface area (Å²) in [4.78, 5) is 7.77. The minimum Gasteiger partial charge on any atom is -0.256 e. The van der Waals surface area contributed by atoms with Gasteiger partial charge in [-0.1, -0.05) is 0 Å². The summed E-state index contributed by atoms with van der Waals surface area (Å²) in [6, 6.07) is 0. The molecule has 1 aromatic rings.